The topological polar surface area (TPSA) is 90.1 Å². The van der Waals surface area contributed by atoms with Crippen molar-refractivity contribution in [3.63, 3.8) is 0 Å². The number of aryl methyl sites for hydroxylation is 1. The minimum Gasteiger partial charge on any atom is -0.324 e. The van der Waals surface area contributed by atoms with Gasteiger partial charge in [0.25, 0.3) is 0 Å². The van der Waals surface area contributed by atoms with Crippen LogP contribution in [-0.2, 0) is 11.2 Å². The highest BCUT2D eigenvalue weighted by molar-refractivity contribution is 5.94. The molecule has 0 fully saturated rings. The Morgan fingerprint density at radius 3 is 2.81 bits per heavy atom. The van der Waals surface area contributed by atoms with Gasteiger partial charge in [0.2, 0.25) is 5.91 Å². The lowest BCUT2D eigenvalue weighted by atomic mass is 10.1. The van der Waals surface area contributed by atoms with Crippen LogP contribution in [0.15, 0.2) is 36.7 Å². The Hall–Kier alpha value is -2.70. The maximum absolute atomic E-state index is 12.2. The van der Waals surface area contributed by atoms with Crippen LogP contribution in [0, 0.1) is 10.1 Å². The Bertz CT molecular complexity index is 666. The smallest absolute Gasteiger partial charge is 0.307 e. The highest BCUT2D eigenvalue weighted by Crippen LogP contribution is 2.18. The molecule has 0 saturated carbocycles. The predicted molar refractivity (Wildman–Crippen MR) is 78.0 cm³/mol. The summed E-state index contributed by atoms with van der Waals surface area (Å²) in [6.07, 6.45) is 3.18. The van der Waals surface area contributed by atoms with Gasteiger partial charge in [-0.05, 0) is 25.0 Å². The van der Waals surface area contributed by atoms with E-state index in [2.05, 4.69) is 10.4 Å². The Labute approximate surface area is 121 Å². The molecule has 0 unspecified atom stereocenters. The molecule has 0 bridgehead atoms. The number of rotatable bonds is 5. The zero-order valence-corrected chi connectivity index (χ0v) is 11.8. The molecule has 0 spiro atoms. The third-order valence-corrected chi connectivity index (χ3v) is 3.23. The molecule has 1 aromatic carbocycles. The highest BCUT2D eigenvalue weighted by Gasteiger charge is 2.19. The summed E-state index contributed by atoms with van der Waals surface area (Å²) >= 11 is 0. The molecule has 1 atom stereocenters. The van der Waals surface area contributed by atoms with Gasteiger partial charge in [0.05, 0.1) is 4.92 Å². The van der Waals surface area contributed by atoms with E-state index < -0.39 is 11.0 Å². The van der Waals surface area contributed by atoms with Gasteiger partial charge in [-0.3, -0.25) is 19.6 Å². The number of carbonyl (C=O) groups excluding carboxylic acids is 1. The molecule has 0 radical (unpaired) electrons. The molecule has 2 rings (SSSR count). The van der Waals surface area contributed by atoms with Gasteiger partial charge in [-0.2, -0.15) is 5.10 Å². The third kappa shape index (κ3) is 3.25. The fraction of sp³-hybridized carbons (Fsp3) is 0.286. The number of amides is 1. The fourth-order valence-corrected chi connectivity index (χ4v) is 1.94. The molecular formula is C14H16N4O3. The number of aromatic nitrogens is 2. The zero-order valence-electron chi connectivity index (χ0n) is 11.8. The first kappa shape index (κ1) is 14.7. The summed E-state index contributed by atoms with van der Waals surface area (Å²) in [4.78, 5) is 22.3. The summed E-state index contributed by atoms with van der Waals surface area (Å²) in [5, 5.41) is 17.3. The van der Waals surface area contributed by atoms with E-state index in [1.807, 2.05) is 31.2 Å². The van der Waals surface area contributed by atoms with Crippen molar-refractivity contribution in [1.82, 2.24) is 9.78 Å². The Morgan fingerprint density at radius 1 is 1.48 bits per heavy atom. The minimum atomic E-state index is -0.636. The largest absolute Gasteiger partial charge is 0.324 e. The van der Waals surface area contributed by atoms with E-state index in [4.69, 9.17) is 0 Å². The number of anilines is 1. The van der Waals surface area contributed by atoms with Crippen LogP contribution in [0.3, 0.4) is 0 Å². The lowest BCUT2D eigenvalue weighted by Crippen LogP contribution is -2.24. The SMILES string of the molecule is CCc1ccccc1NC(=O)[C@@H](C)n1cc([N+](=O)[O-])cn1. The lowest BCUT2D eigenvalue weighted by molar-refractivity contribution is -0.385. The van der Waals surface area contributed by atoms with Crippen molar-refractivity contribution < 1.29 is 9.72 Å². The molecule has 110 valence electrons. The van der Waals surface area contributed by atoms with Gasteiger partial charge in [0.1, 0.15) is 18.4 Å². The number of nitro groups is 1. The Morgan fingerprint density at radius 2 is 2.19 bits per heavy atom. The van der Waals surface area contributed by atoms with Gasteiger partial charge in [-0.1, -0.05) is 25.1 Å². The van der Waals surface area contributed by atoms with Crippen LogP contribution in [0.2, 0.25) is 0 Å². The van der Waals surface area contributed by atoms with Crippen molar-refractivity contribution in [3.05, 3.63) is 52.3 Å². The lowest BCUT2D eigenvalue weighted by Gasteiger charge is -2.14. The Kier molecular flexibility index (Phi) is 4.32. The number of hydrogen-bond acceptors (Lipinski definition) is 4. The first-order chi connectivity index (χ1) is 10.0. The second-order valence-corrected chi connectivity index (χ2v) is 4.61. The predicted octanol–water partition coefficient (Wildman–Crippen LogP) is 2.55. The maximum Gasteiger partial charge on any atom is 0.307 e. The summed E-state index contributed by atoms with van der Waals surface area (Å²) in [6, 6.07) is 6.89. The summed E-state index contributed by atoms with van der Waals surface area (Å²) in [7, 11) is 0. The molecule has 0 saturated heterocycles. The van der Waals surface area contributed by atoms with Crippen LogP contribution < -0.4 is 5.32 Å². The zero-order chi connectivity index (χ0) is 15.4. The first-order valence-corrected chi connectivity index (χ1v) is 6.60. The van der Waals surface area contributed by atoms with Crippen molar-refractivity contribution in [2.24, 2.45) is 0 Å². The van der Waals surface area contributed by atoms with Crippen LogP contribution >= 0.6 is 0 Å². The summed E-state index contributed by atoms with van der Waals surface area (Å²) < 4.78 is 1.28. The maximum atomic E-state index is 12.2. The van der Waals surface area contributed by atoms with Gasteiger partial charge in [-0.25, -0.2) is 0 Å². The van der Waals surface area contributed by atoms with Crippen molar-refractivity contribution in [3.8, 4) is 0 Å². The molecule has 0 aliphatic rings. The van der Waals surface area contributed by atoms with Gasteiger partial charge < -0.3 is 5.32 Å². The summed E-state index contributed by atoms with van der Waals surface area (Å²) in [5.74, 6) is -0.270. The fourth-order valence-electron chi connectivity index (χ4n) is 1.94. The van der Waals surface area contributed by atoms with Gasteiger partial charge >= 0.3 is 5.69 Å². The molecule has 1 amide bonds. The van der Waals surface area contributed by atoms with Crippen molar-refractivity contribution >= 4 is 17.3 Å². The number of benzene rings is 1. The molecule has 1 aromatic heterocycles. The summed E-state index contributed by atoms with van der Waals surface area (Å²) in [5.41, 5.74) is 1.65. The van der Waals surface area contributed by atoms with E-state index in [-0.39, 0.29) is 11.6 Å². The van der Waals surface area contributed by atoms with Crippen molar-refractivity contribution in [2.75, 3.05) is 5.32 Å². The molecular weight excluding hydrogens is 272 g/mol. The van der Waals surface area contributed by atoms with Gasteiger partial charge in [0, 0.05) is 5.69 Å². The van der Waals surface area contributed by atoms with E-state index in [1.54, 1.807) is 6.92 Å². The molecule has 21 heavy (non-hydrogen) atoms. The number of para-hydroxylation sites is 1. The molecule has 1 heterocycles. The first-order valence-electron chi connectivity index (χ1n) is 6.60. The van der Waals surface area contributed by atoms with Crippen LogP contribution in [-0.4, -0.2) is 20.6 Å². The van der Waals surface area contributed by atoms with Crippen LogP contribution in [0.5, 0.6) is 0 Å². The quantitative estimate of drug-likeness (QED) is 0.676. The van der Waals surface area contributed by atoms with Crippen LogP contribution in [0.25, 0.3) is 0 Å². The van der Waals surface area contributed by atoms with E-state index in [9.17, 15) is 14.9 Å². The average Bonchev–Trinajstić information content (AvgIpc) is 2.97. The average molecular weight is 288 g/mol. The van der Waals surface area contributed by atoms with E-state index >= 15 is 0 Å². The monoisotopic (exact) mass is 288 g/mol. The second-order valence-electron chi connectivity index (χ2n) is 4.61. The normalized spacial score (nSPS) is 11.9. The van der Waals surface area contributed by atoms with E-state index in [0.717, 1.165) is 23.9 Å². The Balaban J connectivity index is 2.13. The van der Waals surface area contributed by atoms with Gasteiger partial charge in [0.15, 0.2) is 0 Å². The molecule has 7 nitrogen and oxygen atoms in total. The van der Waals surface area contributed by atoms with Crippen molar-refractivity contribution in [2.45, 2.75) is 26.3 Å². The number of nitrogens with zero attached hydrogens (tertiary/aromatic N) is 3. The molecule has 2 aromatic rings. The molecule has 1 N–H and O–H groups in total. The number of nitrogens with one attached hydrogen (secondary N) is 1. The molecule has 0 aliphatic heterocycles. The van der Waals surface area contributed by atoms with Gasteiger partial charge in [-0.15, -0.1) is 0 Å². The van der Waals surface area contributed by atoms with Crippen LogP contribution in [0.1, 0.15) is 25.5 Å². The number of hydrogen-bond donors (Lipinski definition) is 1. The summed E-state index contributed by atoms with van der Waals surface area (Å²) in [6.45, 7) is 3.64. The van der Waals surface area contributed by atoms with E-state index in [0.29, 0.717) is 0 Å². The minimum absolute atomic E-state index is 0.136. The number of carbonyl (C=O) groups is 1. The molecule has 0 aliphatic carbocycles. The van der Waals surface area contributed by atoms with Crippen LogP contribution in [0.4, 0.5) is 11.4 Å². The standard InChI is InChI=1S/C14H16N4O3/c1-3-11-6-4-5-7-13(11)16-14(19)10(2)17-9-12(8-15-17)18(20)21/h4-10H,3H2,1-2H3,(H,16,19)/t10-/m1/s1. The highest BCUT2D eigenvalue weighted by atomic mass is 16.6. The molecule has 7 heteroatoms. The van der Waals surface area contributed by atoms with E-state index in [1.165, 1.54) is 10.9 Å². The second kappa shape index (κ2) is 6.17. The third-order valence-electron chi connectivity index (χ3n) is 3.23. The van der Waals surface area contributed by atoms with Crippen molar-refractivity contribution in [1.29, 1.82) is 0 Å².